The van der Waals surface area contributed by atoms with E-state index in [0.29, 0.717) is 36.4 Å². The van der Waals surface area contributed by atoms with E-state index in [9.17, 15) is 14.3 Å². The van der Waals surface area contributed by atoms with Gasteiger partial charge in [0, 0.05) is 24.1 Å². The lowest BCUT2D eigenvalue weighted by molar-refractivity contribution is 0.0268. The highest BCUT2D eigenvalue weighted by molar-refractivity contribution is 5.94. The second kappa shape index (κ2) is 8.09. The molecule has 0 saturated carbocycles. The fraction of sp³-hybridized carbons (Fsp3) is 0.409. The van der Waals surface area contributed by atoms with Gasteiger partial charge in [-0.05, 0) is 55.5 Å². The van der Waals surface area contributed by atoms with Crippen LogP contribution >= 0.6 is 0 Å². The molecule has 1 heterocycles. The second-order valence-corrected chi connectivity index (χ2v) is 7.44. The van der Waals surface area contributed by atoms with Crippen molar-refractivity contribution in [1.82, 2.24) is 4.90 Å². The molecule has 1 atom stereocenters. The number of amides is 1. The van der Waals surface area contributed by atoms with E-state index >= 15 is 0 Å². The van der Waals surface area contributed by atoms with Crippen molar-refractivity contribution in [2.24, 2.45) is 5.41 Å². The van der Waals surface area contributed by atoms with Gasteiger partial charge in [-0.1, -0.05) is 24.3 Å². The van der Waals surface area contributed by atoms with Gasteiger partial charge in [-0.3, -0.25) is 4.79 Å². The molecule has 0 aromatic heterocycles. The number of benzene rings is 2. The number of carbonyl (C=O) groups excluding carboxylic acids is 1. The van der Waals surface area contributed by atoms with E-state index in [0.717, 1.165) is 18.4 Å². The van der Waals surface area contributed by atoms with E-state index in [-0.39, 0.29) is 18.3 Å². The highest BCUT2D eigenvalue weighted by Crippen LogP contribution is 2.35. The highest BCUT2D eigenvalue weighted by atomic mass is 19.1. The maximum Gasteiger partial charge on any atom is 0.254 e. The summed E-state index contributed by atoms with van der Waals surface area (Å²) in [6.07, 6.45) is 1.96. The summed E-state index contributed by atoms with van der Waals surface area (Å²) in [6, 6.07) is 12.1. The Balaban J connectivity index is 1.81. The number of ether oxygens (including phenoxy) is 1. The number of aliphatic hydroxyl groups is 1. The average molecular weight is 371 g/mol. The molecule has 27 heavy (non-hydrogen) atoms. The largest absolute Gasteiger partial charge is 0.496 e. The summed E-state index contributed by atoms with van der Waals surface area (Å²) in [6.45, 7) is 2.89. The third kappa shape index (κ3) is 4.14. The van der Waals surface area contributed by atoms with Crippen molar-refractivity contribution in [3.63, 3.8) is 0 Å². The number of piperidine rings is 1. The molecule has 0 aliphatic carbocycles. The molecule has 0 spiro atoms. The zero-order chi connectivity index (χ0) is 19.4. The van der Waals surface area contributed by atoms with Crippen LogP contribution in [-0.4, -0.2) is 42.7 Å². The molecule has 1 fully saturated rings. The van der Waals surface area contributed by atoms with Crippen molar-refractivity contribution >= 4 is 5.91 Å². The van der Waals surface area contributed by atoms with E-state index in [4.69, 9.17) is 4.74 Å². The minimum absolute atomic E-state index is 0.0810. The molecule has 1 N–H and O–H groups in total. The van der Waals surface area contributed by atoms with Gasteiger partial charge in [0.25, 0.3) is 5.91 Å². The molecule has 0 radical (unpaired) electrons. The molecule has 0 bridgehead atoms. The summed E-state index contributed by atoms with van der Waals surface area (Å²) in [5.74, 6) is 0.328. The molecular formula is C22H26FNO3. The van der Waals surface area contributed by atoms with Gasteiger partial charge in [-0.25, -0.2) is 4.39 Å². The Labute approximate surface area is 159 Å². The number of hydrogen-bond acceptors (Lipinski definition) is 3. The molecule has 3 rings (SSSR count). The topological polar surface area (TPSA) is 49.8 Å². The molecule has 0 unspecified atom stereocenters. The number of carbonyl (C=O) groups is 1. The lowest BCUT2D eigenvalue weighted by Crippen LogP contribution is -2.49. The summed E-state index contributed by atoms with van der Waals surface area (Å²) in [7, 11) is 1.59. The standard InChI is InChI=1S/C22H26FNO3/c1-16-8-9-17(12-20(16)27-2)21(26)24-11-5-10-22(14-24,15-25)13-18-6-3-4-7-19(18)23/h3-4,6-9,12,25H,5,10-11,13-15H2,1-2H3/t22-/m0/s1. The molecule has 1 aliphatic heterocycles. The van der Waals surface area contributed by atoms with Crippen LogP contribution in [0.15, 0.2) is 42.5 Å². The van der Waals surface area contributed by atoms with Crippen molar-refractivity contribution in [3.8, 4) is 5.75 Å². The van der Waals surface area contributed by atoms with Crippen LogP contribution in [0, 0.1) is 18.2 Å². The summed E-state index contributed by atoms with van der Waals surface area (Å²) in [4.78, 5) is 14.8. The zero-order valence-electron chi connectivity index (χ0n) is 15.9. The van der Waals surface area contributed by atoms with Crippen LogP contribution in [0.2, 0.25) is 0 Å². The third-order valence-corrected chi connectivity index (χ3v) is 5.46. The van der Waals surface area contributed by atoms with Crippen molar-refractivity contribution in [2.45, 2.75) is 26.2 Å². The summed E-state index contributed by atoms with van der Waals surface area (Å²) in [5.41, 5.74) is 1.59. The first-order valence-electron chi connectivity index (χ1n) is 9.26. The average Bonchev–Trinajstić information content (AvgIpc) is 2.70. The Morgan fingerprint density at radius 1 is 1.30 bits per heavy atom. The number of aliphatic hydroxyl groups excluding tert-OH is 1. The Kier molecular flexibility index (Phi) is 5.80. The van der Waals surface area contributed by atoms with E-state index in [1.165, 1.54) is 6.07 Å². The smallest absolute Gasteiger partial charge is 0.254 e. The summed E-state index contributed by atoms with van der Waals surface area (Å²) < 4.78 is 19.4. The van der Waals surface area contributed by atoms with Crippen LogP contribution in [0.25, 0.3) is 0 Å². The van der Waals surface area contributed by atoms with Crippen LogP contribution in [0.4, 0.5) is 4.39 Å². The lowest BCUT2D eigenvalue weighted by atomic mass is 9.75. The normalized spacial score (nSPS) is 19.8. The molecule has 1 saturated heterocycles. The summed E-state index contributed by atoms with van der Waals surface area (Å²) in [5, 5.41) is 10.1. The Bertz CT molecular complexity index is 823. The van der Waals surface area contributed by atoms with Crippen LogP contribution in [-0.2, 0) is 6.42 Å². The second-order valence-electron chi connectivity index (χ2n) is 7.44. The fourth-order valence-corrected chi connectivity index (χ4v) is 3.89. The van der Waals surface area contributed by atoms with E-state index < -0.39 is 5.41 Å². The van der Waals surface area contributed by atoms with Crippen LogP contribution in [0.5, 0.6) is 5.75 Å². The molecule has 144 valence electrons. The minimum Gasteiger partial charge on any atom is -0.496 e. The predicted molar refractivity (Wildman–Crippen MR) is 102 cm³/mol. The fourth-order valence-electron chi connectivity index (χ4n) is 3.89. The third-order valence-electron chi connectivity index (χ3n) is 5.46. The number of methoxy groups -OCH3 is 1. The SMILES string of the molecule is COc1cc(C(=O)N2CCC[C@](CO)(Cc3ccccc3F)C2)ccc1C. The van der Waals surface area contributed by atoms with Gasteiger partial charge in [0.2, 0.25) is 0 Å². The number of halogens is 1. The number of nitrogens with zero attached hydrogens (tertiary/aromatic N) is 1. The van der Waals surface area contributed by atoms with Crippen LogP contribution in [0.1, 0.15) is 34.3 Å². The molecule has 2 aromatic carbocycles. The number of hydrogen-bond donors (Lipinski definition) is 1. The van der Waals surface area contributed by atoms with Crippen LogP contribution < -0.4 is 4.74 Å². The van der Waals surface area contributed by atoms with Crippen molar-refractivity contribution in [2.75, 3.05) is 26.8 Å². The molecular weight excluding hydrogens is 345 g/mol. The number of likely N-dealkylation sites (tertiary alicyclic amines) is 1. The molecule has 1 amide bonds. The van der Waals surface area contributed by atoms with Gasteiger partial charge in [0.1, 0.15) is 11.6 Å². The van der Waals surface area contributed by atoms with Crippen molar-refractivity contribution < 1.29 is 19.0 Å². The van der Waals surface area contributed by atoms with Gasteiger partial charge in [0.15, 0.2) is 0 Å². The number of aryl methyl sites for hydroxylation is 1. The van der Waals surface area contributed by atoms with E-state index in [1.54, 1.807) is 42.3 Å². The Hall–Kier alpha value is -2.40. The monoisotopic (exact) mass is 371 g/mol. The first kappa shape index (κ1) is 19.4. The first-order chi connectivity index (χ1) is 13.0. The maximum absolute atomic E-state index is 14.1. The molecule has 1 aliphatic rings. The van der Waals surface area contributed by atoms with Gasteiger partial charge in [-0.2, -0.15) is 0 Å². The van der Waals surface area contributed by atoms with Crippen molar-refractivity contribution in [3.05, 3.63) is 65.0 Å². The van der Waals surface area contributed by atoms with Crippen molar-refractivity contribution in [1.29, 1.82) is 0 Å². The quantitative estimate of drug-likeness (QED) is 0.874. The van der Waals surface area contributed by atoms with Gasteiger partial charge in [0.05, 0.1) is 13.7 Å². The Morgan fingerprint density at radius 3 is 2.78 bits per heavy atom. The highest BCUT2D eigenvalue weighted by Gasteiger charge is 2.37. The lowest BCUT2D eigenvalue weighted by Gasteiger charge is -2.42. The molecule has 5 heteroatoms. The van der Waals surface area contributed by atoms with Gasteiger partial charge in [-0.15, -0.1) is 0 Å². The minimum atomic E-state index is -0.523. The molecule has 4 nitrogen and oxygen atoms in total. The Morgan fingerprint density at radius 2 is 2.07 bits per heavy atom. The van der Waals surface area contributed by atoms with E-state index in [2.05, 4.69) is 0 Å². The van der Waals surface area contributed by atoms with Crippen LogP contribution in [0.3, 0.4) is 0 Å². The molecule has 2 aromatic rings. The van der Waals surface area contributed by atoms with Gasteiger partial charge >= 0.3 is 0 Å². The maximum atomic E-state index is 14.1. The number of rotatable bonds is 5. The summed E-state index contributed by atoms with van der Waals surface area (Å²) >= 11 is 0. The van der Waals surface area contributed by atoms with E-state index in [1.807, 2.05) is 13.0 Å². The zero-order valence-corrected chi connectivity index (χ0v) is 15.9. The predicted octanol–water partition coefficient (Wildman–Crippen LogP) is 3.60. The first-order valence-corrected chi connectivity index (χ1v) is 9.26. The van der Waals surface area contributed by atoms with Gasteiger partial charge < -0.3 is 14.7 Å².